The SMILES string of the molecule is COc1ccc(N[C@@H](C)C(=O)c2[nH]c(C)c(C(C)=O)c2C)c(OC)c1. The number of carbonyl (C=O) groups is 2. The second-order valence-corrected chi connectivity index (χ2v) is 5.98. The fraction of sp³-hybridized carbons (Fsp3) is 0.368. The van der Waals surface area contributed by atoms with E-state index in [1.807, 2.05) is 0 Å². The molecule has 0 aliphatic carbocycles. The standard InChI is InChI=1S/C19H24N2O4/c1-10-17(13(4)22)11(2)21-18(10)19(23)12(3)20-15-8-7-14(24-5)9-16(15)25-6/h7-9,12,20-21H,1-6H3/t12-/m0/s1. The number of hydrogen-bond donors (Lipinski definition) is 2. The number of rotatable bonds is 7. The number of ether oxygens (including phenoxy) is 2. The van der Waals surface area contributed by atoms with Gasteiger partial charge >= 0.3 is 0 Å². The molecule has 1 aromatic heterocycles. The zero-order valence-corrected chi connectivity index (χ0v) is 15.4. The van der Waals surface area contributed by atoms with Gasteiger partial charge in [-0.15, -0.1) is 0 Å². The molecule has 2 aromatic rings. The highest BCUT2D eigenvalue weighted by Gasteiger charge is 2.24. The van der Waals surface area contributed by atoms with E-state index < -0.39 is 6.04 Å². The lowest BCUT2D eigenvalue weighted by atomic mass is 10.0. The van der Waals surface area contributed by atoms with Crippen LogP contribution in [0.3, 0.4) is 0 Å². The summed E-state index contributed by atoms with van der Waals surface area (Å²) in [5, 5.41) is 3.16. The normalized spacial score (nSPS) is 11.8. The average Bonchev–Trinajstić information content (AvgIpc) is 2.88. The number of carbonyl (C=O) groups excluding carboxylic acids is 2. The Hall–Kier alpha value is -2.76. The Bertz CT molecular complexity index is 808. The number of hydrogen-bond acceptors (Lipinski definition) is 5. The van der Waals surface area contributed by atoms with Gasteiger partial charge in [0.15, 0.2) is 5.78 Å². The molecule has 2 rings (SSSR count). The molecule has 0 unspecified atom stereocenters. The summed E-state index contributed by atoms with van der Waals surface area (Å²) < 4.78 is 10.5. The van der Waals surface area contributed by atoms with Gasteiger partial charge in [0, 0.05) is 17.3 Å². The lowest BCUT2D eigenvalue weighted by Crippen LogP contribution is -2.27. The van der Waals surface area contributed by atoms with Gasteiger partial charge < -0.3 is 19.8 Å². The fourth-order valence-electron chi connectivity index (χ4n) is 2.96. The molecular weight excluding hydrogens is 320 g/mol. The number of H-pyrrole nitrogens is 1. The summed E-state index contributed by atoms with van der Waals surface area (Å²) >= 11 is 0. The highest BCUT2D eigenvalue weighted by molar-refractivity contribution is 6.06. The van der Waals surface area contributed by atoms with Gasteiger partial charge in [0.25, 0.3) is 0 Å². The number of benzene rings is 1. The summed E-state index contributed by atoms with van der Waals surface area (Å²) in [5.74, 6) is 1.08. The van der Waals surface area contributed by atoms with Crippen molar-refractivity contribution in [2.75, 3.05) is 19.5 Å². The molecule has 134 valence electrons. The van der Waals surface area contributed by atoms with Crippen molar-refractivity contribution in [3.8, 4) is 11.5 Å². The van der Waals surface area contributed by atoms with E-state index in [1.54, 1.807) is 53.2 Å². The van der Waals surface area contributed by atoms with Crippen LogP contribution in [0, 0.1) is 13.8 Å². The number of ketones is 2. The van der Waals surface area contributed by atoms with Gasteiger partial charge in [-0.1, -0.05) is 0 Å². The molecule has 25 heavy (non-hydrogen) atoms. The molecule has 0 saturated heterocycles. The first kappa shape index (κ1) is 18.6. The molecule has 0 saturated carbocycles. The molecule has 6 heteroatoms. The third-order valence-corrected chi connectivity index (χ3v) is 4.21. The van der Waals surface area contributed by atoms with Gasteiger partial charge in [0.2, 0.25) is 5.78 Å². The number of nitrogens with one attached hydrogen (secondary N) is 2. The van der Waals surface area contributed by atoms with Crippen LogP contribution in [0.4, 0.5) is 5.69 Å². The first-order valence-electron chi connectivity index (χ1n) is 8.03. The van der Waals surface area contributed by atoms with Crippen LogP contribution in [0.1, 0.15) is 46.0 Å². The van der Waals surface area contributed by atoms with E-state index in [0.29, 0.717) is 39.7 Å². The second kappa shape index (κ2) is 7.42. The number of Topliss-reactive ketones (excluding diaryl/α,β-unsaturated/α-hetero) is 2. The summed E-state index contributed by atoms with van der Waals surface area (Å²) in [6.07, 6.45) is 0. The van der Waals surface area contributed by atoms with Gasteiger partial charge in [0.1, 0.15) is 11.5 Å². The lowest BCUT2D eigenvalue weighted by Gasteiger charge is -2.17. The fourth-order valence-corrected chi connectivity index (χ4v) is 2.96. The van der Waals surface area contributed by atoms with Gasteiger partial charge in [-0.05, 0) is 45.4 Å². The Morgan fingerprint density at radius 1 is 1.16 bits per heavy atom. The van der Waals surface area contributed by atoms with Crippen LogP contribution in [0.15, 0.2) is 18.2 Å². The van der Waals surface area contributed by atoms with Crippen molar-refractivity contribution in [2.45, 2.75) is 33.7 Å². The van der Waals surface area contributed by atoms with Crippen molar-refractivity contribution < 1.29 is 19.1 Å². The highest BCUT2D eigenvalue weighted by Crippen LogP contribution is 2.30. The molecule has 1 atom stereocenters. The molecule has 2 N–H and O–H groups in total. The number of methoxy groups -OCH3 is 2. The van der Waals surface area contributed by atoms with Crippen LogP contribution in [-0.2, 0) is 0 Å². The van der Waals surface area contributed by atoms with Gasteiger partial charge in [-0.3, -0.25) is 9.59 Å². The van der Waals surface area contributed by atoms with Crippen molar-refractivity contribution in [3.63, 3.8) is 0 Å². The smallest absolute Gasteiger partial charge is 0.201 e. The summed E-state index contributed by atoms with van der Waals surface area (Å²) in [7, 11) is 3.14. The predicted octanol–water partition coefficient (Wildman–Crippen LogP) is 3.53. The van der Waals surface area contributed by atoms with E-state index >= 15 is 0 Å². The van der Waals surface area contributed by atoms with Crippen molar-refractivity contribution in [3.05, 3.63) is 40.7 Å². The maximum atomic E-state index is 12.8. The third kappa shape index (κ3) is 3.68. The number of aromatic amines is 1. The van der Waals surface area contributed by atoms with Crippen LogP contribution in [0.2, 0.25) is 0 Å². The third-order valence-electron chi connectivity index (χ3n) is 4.21. The zero-order valence-electron chi connectivity index (χ0n) is 15.4. The van der Waals surface area contributed by atoms with E-state index in [2.05, 4.69) is 10.3 Å². The van der Waals surface area contributed by atoms with Crippen LogP contribution in [0.25, 0.3) is 0 Å². The molecule has 0 spiro atoms. The second-order valence-electron chi connectivity index (χ2n) is 5.98. The minimum atomic E-state index is -0.501. The maximum Gasteiger partial charge on any atom is 0.201 e. The monoisotopic (exact) mass is 344 g/mol. The first-order valence-corrected chi connectivity index (χ1v) is 8.03. The lowest BCUT2D eigenvalue weighted by molar-refractivity contribution is 0.0970. The summed E-state index contributed by atoms with van der Waals surface area (Å²) in [5.41, 5.74) is 3.12. The Balaban J connectivity index is 2.27. The molecule has 0 bridgehead atoms. The number of aromatic nitrogens is 1. The minimum absolute atomic E-state index is 0.0530. The molecule has 0 aliphatic rings. The van der Waals surface area contributed by atoms with Crippen LogP contribution < -0.4 is 14.8 Å². The van der Waals surface area contributed by atoms with Crippen molar-refractivity contribution in [1.82, 2.24) is 4.98 Å². The summed E-state index contributed by atoms with van der Waals surface area (Å²) in [6, 6.07) is 4.84. The Labute approximate surface area is 147 Å². The molecule has 0 fully saturated rings. The van der Waals surface area contributed by atoms with Crippen LogP contribution in [-0.4, -0.2) is 36.8 Å². The Kier molecular flexibility index (Phi) is 5.51. The van der Waals surface area contributed by atoms with Crippen LogP contribution >= 0.6 is 0 Å². The van der Waals surface area contributed by atoms with E-state index in [1.165, 1.54) is 6.92 Å². The van der Waals surface area contributed by atoms with Crippen molar-refractivity contribution in [1.29, 1.82) is 0 Å². The maximum absolute atomic E-state index is 12.8. The largest absolute Gasteiger partial charge is 0.497 e. The van der Waals surface area contributed by atoms with Gasteiger partial charge in [-0.2, -0.15) is 0 Å². The molecule has 0 aliphatic heterocycles. The molecule has 6 nitrogen and oxygen atoms in total. The Morgan fingerprint density at radius 2 is 1.84 bits per heavy atom. The topological polar surface area (TPSA) is 80.4 Å². The van der Waals surface area contributed by atoms with E-state index in [-0.39, 0.29) is 11.6 Å². The molecule has 1 aromatic carbocycles. The number of anilines is 1. The molecule has 0 radical (unpaired) electrons. The van der Waals surface area contributed by atoms with E-state index in [9.17, 15) is 9.59 Å². The van der Waals surface area contributed by atoms with E-state index in [0.717, 1.165) is 0 Å². The van der Waals surface area contributed by atoms with E-state index in [4.69, 9.17) is 9.47 Å². The molecular formula is C19H24N2O4. The quantitative estimate of drug-likeness (QED) is 0.751. The van der Waals surface area contributed by atoms with Gasteiger partial charge in [0.05, 0.1) is 31.6 Å². The average molecular weight is 344 g/mol. The molecule has 1 heterocycles. The van der Waals surface area contributed by atoms with Crippen LogP contribution in [0.5, 0.6) is 11.5 Å². The van der Waals surface area contributed by atoms with Crippen molar-refractivity contribution in [2.24, 2.45) is 0 Å². The first-order chi connectivity index (χ1) is 11.8. The molecule has 0 amide bonds. The van der Waals surface area contributed by atoms with Crippen molar-refractivity contribution >= 4 is 17.3 Å². The zero-order chi connectivity index (χ0) is 18.7. The number of aryl methyl sites for hydroxylation is 1. The van der Waals surface area contributed by atoms with Gasteiger partial charge in [-0.25, -0.2) is 0 Å². The Morgan fingerprint density at radius 3 is 2.36 bits per heavy atom. The highest BCUT2D eigenvalue weighted by atomic mass is 16.5. The predicted molar refractivity (Wildman–Crippen MR) is 97.2 cm³/mol. The minimum Gasteiger partial charge on any atom is -0.497 e. The summed E-state index contributed by atoms with van der Waals surface area (Å²) in [6.45, 7) is 6.86. The summed E-state index contributed by atoms with van der Waals surface area (Å²) in [4.78, 5) is 27.6.